The van der Waals surface area contributed by atoms with Gasteiger partial charge in [0.1, 0.15) is 31.8 Å². The minimum Gasteiger partial charge on any atom is -0.387 e. The van der Waals surface area contributed by atoms with E-state index in [1.807, 2.05) is 0 Å². The van der Waals surface area contributed by atoms with E-state index in [2.05, 4.69) is 5.32 Å². The van der Waals surface area contributed by atoms with Crippen molar-refractivity contribution < 1.29 is 31.5 Å². The molecule has 29 heavy (non-hydrogen) atoms. The Bertz CT molecular complexity index is 923. The molecule has 162 valence electrons. The molecule has 4 fully saturated rings. The van der Waals surface area contributed by atoms with Crippen LogP contribution in [-0.2, 0) is 14.6 Å². The Kier molecular flexibility index (Phi) is 4.51. The summed E-state index contributed by atoms with van der Waals surface area (Å²) in [5, 5.41) is 13.2. The number of thiophene rings is 1. The van der Waals surface area contributed by atoms with Gasteiger partial charge < -0.3 is 10.4 Å². The standard InChI is InChI=1S/C19H24F3NO4S2/c1-11-3-12(13(24)4-29(2,26)27)14(28-11)23-15(25)16-5-17(20)8-18(21,6-16)10-19(22,7-16)9-17/h3,13,24H,4-10H2,1-2H3,(H,23,25). The van der Waals surface area contributed by atoms with Crippen molar-refractivity contribution in [1.82, 2.24) is 0 Å². The molecule has 4 aliphatic carbocycles. The highest BCUT2D eigenvalue weighted by atomic mass is 32.2. The van der Waals surface area contributed by atoms with Gasteiger partial charge in [0.15, 0.2) is 0 Å². The molecule has 1 aromatic heterocycles. The highest BCUT2D eigenvalue weighted by molar-refractivity contribution is 7.90. The first kappa shape index (κ1) is 21.1. The van der Waals surface area contributed by atoms with Crippen LogP contribution in [0.5, 0.6) is 0 Å². The van der Waals surface area contributed by atoms with Crippen molar-refractivity contribution in [2.75, 3.05) is 17.3 Å². The third-order valence-electron chi connectivity index (χ3n) is 6.28. The van der Waals surface area contributed by atoms with Crippen LogP contribution in [0.2, 0.25) is 0 Å². The Morgan fingerprint density at radius 3 is 2.07 bits per heavy atom. The lowest BCUT2D eigenvalue weighted by molar-refractivity contribution is -0.214. The lowest BCUT2D eigenvalue weighted by Gasteiger charge is -2.62. The maximum absolute atomic E-state index is 15.2. The van der Waals surface area contributed by atoms with Crippen LogP contribution in [0.4, 0.5) is 18.2 Å². The van der Waals surface area contributed by atoms with Gasteiger partial charge in [-0.3, -0.25) is 4.79 Å². The van der Waals surface area contributed by atoms with Crippen molar-refractivity contribution in [1.29, 1.82) is 0 Å². The molecule has 1 unspecified atom stereocenters. The lowest BCUT2D eigenvalue weighted by atomic mass is 9.46. The number of amides is 1. The summed E-state index contributed by atoms with van der Waals surface area (Å²) < 4.78 is 68.5. The second-order valence-electron chi connectivity index (χ2n) is 9.50. The molecule has 4 aliphatic rings. The monoisotopic (exact) mass is 451 g/mol. The molecule has 1 atom stereocenters. The Hall–Kier alpha value is -1.13. The van der Waals surface area contributed by atoms with Gasteiger partial charge in [-0.25, -0.2) is 21.6 Å². The van der Waals surface area contributed by atoms with Crippen LogP contribution in [0.1, 0.15) is 55.1 Å². The molecule has 5 rings (SSSR count). The number of aryl methyl sites for hydroxylation is 1. The Morgan fingerprint density at radius 2 is 1.62 bits per heavy atom. The van der Waals surface area contributed by atoms with Crippen LogP contribution < -0.4 is 5.32 Å². The first-order chi connectivity index (χ1) is 13.1. The predicted molar refractivity (Wildman–Crippen MR) is 104 cm³/mol. The van der Waals surface area contributed by atoms with Gasteiger partial charge in [0.2, 0.25) is 5.91 Å². The predicted octanol–water partition coefficient (Wildman–Crippen LogP) is 3.57. The summed E-state index contributed by atoms with van der Waals surface area (Å²) in [6.07, 6.45) is -2.18. The summed E-state index contributed by atoms with van der Waals surface area (Å²) in [6.45, 7) is 1.73. The number of nitrogens with one attached hydrogen (secondary N) is 1. The number of hydrogen-bond donors (Lipinski definition) is 2. The minimum absolute atomic E-state index is 0.227. The highest BCUT2D eigenvalue weighted by Gasteiger charge is 2.72. The number of halogens is 3. The zero-order valence-electron chi connectivity index (χ0n) is 16.2. The van der Waals surface area contributed by atoms with Crippen molar-refractivity contribution in [2.45, 2.75) is 68.6 Å². The molecule has 2 N–H and O–H groups in total. The summed E-state index contributed by atoms with van der Waals surface area (Å²) in [5.41, 5.74) is -7.39. The maximum atomic E-state index is 15.2. The highest BCUT2D eigenvalue weighted by Crippen LogP contribution is 2.68. The van der Waals surface area contributed by atoms with E-state index in [0.29, 0.717) is 0 Å². The van der Waals surface area contributed by atoms with Crippen LogP contribution in [-0.4, -0.2) is 48.4 Å². The first-order valence-corrected chi connectivity index (χ1v) is 12.4. The van der Waals surface area contributed by atoms with E-state index in [4.69, 9.17) is 0 Å². The average molecular weight is 452 g/mol. The summed E-state index contributed by atoms with van der Waals surface area (Å²) in [5.74, 6) is -1.19. The second kappa shape index (κ2) is 6.20. The number of carbonyl (C=O) groups excluding carboxylic acids is 1. The molecule has 1 aromatic rings. The molecule has 0 spiro atoms. The smallest absolute Gasteiger partial charge is 0.231 e. The van der Waals surface area contributed by atoms with Gasteiger partial charge in [0, 0.05) is 36.0 Å². The van der Waals surface area contributed by atoms with E-state index in [-0.39, 0.29) is 49.1 Å². The number of aliphatic hydroxyl groups is 1. The SMILES string of the molecule is Cc1cc(C(O)CS(C)(=O)=O)c(NC(=O)C23CC4(F)CC(F)(CC(F)(C4)C2)C3)s1. The van der Waals surface area contributed by atoms with Crippen LogP contribution in [0.3, 0.4) is 0 Å². The van der Waals surface area contributed by atoms with Crippen LogP contribution >= 0.6 is 11.3 Å². The number of carbonyl (C=O) groups is 1. The molecule has 0 saturated heterocycles. The molecule has 1 heterocycles. The Labute approximate surface area is 171 Å². The van der Waals surface area contributed by atoms with E-state index >= 15 is 13.2 Å². The van der Waals surface area contributed by atoms with E-state index in [9.17, 15) is 18.3 Å². The summed E-state index contributed by atoms with van der Waals surface area (Å²) >= 11 is 1.13. The fourth-order valence-electron chi connectivity index (χ4n) is 6.00. The van der Waals surface area contributed by atoms with Gasteiger partial charge in [-0.2, -0.15) is 0 Å². The average Bonchev–Trinajstić information content (AvgIpc) is 2.81. The minimum atomic E-state index is -3.48. The molecule has 1 amide bonds. The Balaban J connectivity index is 1.63. The van der Waals surface area contributed by atoms with Gasteiger partial charge in [0.05, 0.1) is 17.3 Å². The molecule has 4 saturated carbocycles. The molecule has 0 aliphatic heterocycles. The zero-order chi connectivity index (χ0) is 21.5. The molecule has 4 bridgehead atoms. The molecular formula is C19H24F3NO4S2. The van der Waals surface area contributed by atoms with Gasteiger partial charge >= 0.3 is 0 Å². The van der Waals surface area contributed by atoms with Crippen molar-refractivity contribution in [2.24, 2.45) is 5.41 Å². The van der Waals surface area contributed by atoms with Crippen LogP contribution in [0.25, 0.3) is 0 Å². The van der Waals surface area contributed by atoms with E-state index in [0.717, 1.165) is 22.5 Å². The van der Waals surface area contributed by atoms with Gasteiger partial charge in [-0.15, -0.1) is 11.3 Å². The van der Waals surface area contributed by atoms with Gasteiger partial charge in [-0.05, 0) is 32.3 Å². The third-order valence-corrected chi connectivity index (χ3v) is 8.18. The molecular weight excluding hydrogens is 427 g/mol. The molecule has 0 aromatic carbocycles. The number of alkyl halides is 3. The largest absolute Gasteiger partial charge is 0.387 e. The van der Waals surface area contributed by atoms with E-state index in [1.54, 1.807) is 13.0 Å². The molecule has 10 heteroatoms. The van der Waals surface area contributed by atoms with Crippen LogP contribution in [0.15, 0.2) is 6.07 Å². The van der Waals surface area contributed by atoms with Crippen LogP contribution in [0, 0.1) is 12.3 Å². The summed E-state index contributed by atoms with van der Waals surface area (Å²) in [7, 11) is -3.48. The topological polar surface area (TPSA) is 83.5 Å². The summed E-state index contributed by atoms with van der Waals surface area (Å²) in [6, 6.07) is 1.57. The van der Waals surface area contributed by atoms with E-state index in [1.165, 1.54) is 0 Å². The Morgan fingerprint density at radius 1 is 1.14 bits per heavy atom. The maximum Gasteiger partial charge on any atom is 0.231 e. The quantitative estimate of drug-likeness (QED) is 0.717. The fraction of sp³-hybridized carbons (Fsp3) is 0.737. The molecule has 0 radical (unpaired) electrons. The summed E-state index contributed by atoms with van der Waals surface area (Å²) in [4.78, 5) is 13.9. The zero-order valence-corrected chi connectivity index (χ0v) is 17.9. The molecule has 5 nitrogen and oxygen atoms in total. The fourth-order valence-corrected chi connectivity index (χ4v) is 7.72. The third kappa shape index (κ3) is 3.83. The normalized spacial score (nSPS) is 39.5. The van der Waals surface area contributed by atoms with E-state index < -0.39 is 50.0 Å². The van der Waals surface area contributed by atoms with Gasteiger partial charge in [-0.1, -0.05) is 0 Å². The number of hydrogen-bond acceptors (Lipinski definition) is 5. The number of anilines is 1. The second-order valence-corrected chi connectivity index (χ2v) is 12.9. The number of aliphatic hydroxyl groups excluding tert-OH is 1. The first-order valence-electron chi connectivity index (χ1n) is 9.48. The number of sulfone groups is 1. The van der Waals surface area contributed by atoms with Gasteiger partial charge in [0.25, 0.3) is 0 Å². The number of rotatable bonds is 5. The van der Waals surface area contributed by atoms with Crippen molar-refractivity contribution in [3.8, 4) is 0 Å². The van der Waals surface area contributed by atoms with Crippen molar-refractivity contribution in [3.63, 3.8) is 0 Å². The van der Waals surface area contributed by atoms with Crippen molar-refractivity contribution in [3.05, 3.63) is 16.5 Å². The van der Waals surface area contributed by atoms with Crippen molar-refractivity contribution >= 4 is 32.1 Å². The lowest BCUT2D eigenvalue weighted by Crippen LogP contribution is -2.67.